The highest BCUT2D eigenvalue weighted by atomic mass is 35.7. The fourth-order valence-electron chi connectivity index (χ4n) is 0.973. The van der Waals surface area contributed by atoms with Crippen molar-refractivity contribution >= 4 is 40.3 Å². The van der Waals surface area contributed by atoms with Gasteiger partial charge in [-0.15, -0.1) is 0 Å². The lowest BCUT2D eigenvalue weighted by Gasteiger charge is -2.29. The Hall–Kier alpha value is 0.930. The zero-order valence-corrected chi connectivity index (χ0v) is 10.4. The average Bonchev–Trinajstić information content (AvgIpc) is 2.03. The minimum absolute atomic E-state index is 0.282. The molecule has 1 heterocycles. The summed E-state index contributed by atoms with van der Waals surface area (Å²) in [5.74, 6) is 1.97. The monoisotopic (exact) mass is 244 g/mol. The molecular weight excluding hydrogens is 234 g/mol. The Bertz CT molecular complexity index is 277. The molecule has 0 saturated heterocycles. The molecule has 12 heavy (non-hydrogen) atoms. The minimum Gasteiger partial charge on any atom is -0.323 e. The molecular formula is C7H11Cl2OPS. The summed E-state index contributed by atoms with van der Waals surface area (Å²) >= 11 is 17.0. The van der Waals surface area contributed by atoms with Crippen LogP contribution in [0.4, 0.5) is 0 Å². The molecule has 0 aromatic carbocycles. The van der Waals surface area contributed by atoms with Gasteiger partial charge in [-0.05, 0) is 24.6 Å². The number of rotatable bonds is 1. The van der Waals surface area contributed by atoms with E-state index in [-0.39, 0.29) is 5.92 Å². The smallest absolute Gasteiger partial charge is 0.175 e. The maximum Gasteiger partial charge on any atom is 0.175 e. The van der Waals surface area contributed by atoms with E-state index in [4.69, 9.17) is 39.2 Å². The molecule has 0 N–H and O–H groups in total. The summed E-state index contributed by atoms with van der Waals surface area (Å²) in [6.07, 6.45) is 0. The van der Waals surface area contributed by atoms with E-state index in [2.05, 4.69) is 0 Å². The molecule has 0 aromatic heterocycles. The molecule has 0 saturated carbocycles. The van der Waals surface area contributed by atoms with Crippen molar-refractivity contribution in [2.24, 2.45) is 5.92 Å². The number of hydrogen-bond acceptors (Lipinski definition) is 2. The standard InChI is InChI=1S/C7H11Cl2OPS/c1-5(2)7(3)6(8)4-11(9,12)10-7/h4-5H,1-3H3. The Morgan fingerprint density at radius 1 is 1.67 bits per heavy atom. The first-order valence-corrected chi connectivity index (χ1v) is 7.74. The zero-order valence-electron chi connectivity index (χ0n) is 7.17. The third-order valence-corrected chi connectivity index (χ3v) is 5.03. The molecule has 2 unspecified atom stereocenters. The topological polar surface area (TPSA) is 9.23 Å². The van der Waals surface area contributed by atoms with Crippen LogP contribution in [0.3, 0.4) is 0 Å². The van der Waals surface area contributed by atoms with Crippen molar-refractivity contribution in [2.45, 2.75) is 26.4 Å². The maximum atomic E-state index is 6.01. The van der Waals surface area contributed by atoms with Gasteiger partial charge >= 0.3 is 0 Å². The summed E-state index contributed by atoms with van der Waals surface area (Å²) in [4.78, 5) is 0. The SMILES string of the molecule is CC(C)C1(C)OP(=S)(Cl)C=C1Cl. The maximum absolute atomic E-state index is 6.01. The van der Waals surface area contributed by atoms with E-state index < -0.39 is 11.2 Å². The Balaban J connectivity index is 3.02. The summed E-state index contributed by atoms with van der Waals surface area (Å²) < 4.78 is 5.58. The van der Waals surface area contributed by atoms with Gasteiger partial charge in [0.1, 0.15) is 5.60 Å². The first-order valence-electron chi connectivity index (χ1n) is 3.67. The quantitative estimate of drug-likeness (QED) is 0.644. The van der Waals surface area contributed by atoms with E-state index >= 15 is 0 Å². The van der Waals surface area contributed by atoms with Crippen LogP contribution in [-0.4, -0.2) is 5.60 Å². The molecule has 0 amide bonds. The molecule has 1 aliphatic rings. The van der Waals surface area contributed by atoms with Gasteiger partial charge in [0.25, 0.3) is 0 Å². The van der Waals surface area contributed by atoms with Crippen LogP contribution in [0.2, 0.25) is 0 Å². The van der Waals surface area contributed by atoms with Gasteiger partial charge in [0, 0.05) is 5.82 Å². The van der Waals surface area contributed by atoms with Crippen LogP contribution in [0.5, 0.6) is 0 Å². The summed E-state index contributed by atoms with van der Waals surface area (Å²) in [7, 11) is 0. The Morgan fingerprint density at radius 3 is 2.33 bits per heavy atom. The lowest BCUT2D eigenvalue weighted by atomic mass is 9.93. The van der Waals surface area contributed by atoms with E-state index in [0.29, 0.717) is 5.03 Å². The summed E-state index contributed by atoms with van der Waals surface area (Å²) in [6.45, 7) is 5.99. The number of halogens is 2. The summed E-state index contributed by atoms with van der Waals surface area (Å²) in [6, 6.07) is 0. The van der Waals surface area contributed by atoms with Crippen molar-refractivity contribution in [2.75, 3.05) is 0 Å². The molecule has 70 valence electrons. The zero-order chi connectivity index (χ0) is 9.57. The van der Waals surface area contributed by atoms with Crippen LogP contribution >= 0.6 is 28.5 Å². The van der Waals surface area contributed by atoms with Crippen LogP contribution in [0, 0.1) is 5.92 Å². The minimum atomic E-state index is -2.26. The van der Waals surface area contributed by atoms with Gasteiger partial charge in [0.15, 0.2) is 5.62 Å². The molecule has 0 fully saturated rings. The highest BCUT2D eigenvalue weighted by molar-refractivity contribution is 8.26. The van der Waals surface area contributed by atoms with Gasteiger partial charge in [-0.2, -0.15) is 0 Å². The second-order valence-corrected chi connectivity index (χ2v) is 8.98. The highest BCUT2D eigenvalue weighted by Crippen LogP contribution is 2.66. The molecule has 2 atom stereocenters. The summed E-state index contributed by atoms with van der Waals surface area (Å²) in [5.41, 5.74) is -2.74. The third kappa shape index (κ3) is 1.88. The normalized spacial score (nSPS) is 42.0. The largest absolute Gasteiger partial charge is 0.323 e. The molecule has 5 heteroatoms. The Morgan fingerprint density at radius 2 is 2.17 bits per heavy atom. The Kier molecular flexibility index (Phi) is 2.98. The molecule has 1 aliphatic heterocycles. The van der Waals surface area contributed by atoms with E-state index in [9.17, 15) is 0 Å². The summed E-state index contributed by atoms with van der Waals surface area (Å²) in [5, 5.41) is 0.649. The molecule has 0 aliphatic carbocycles. The molecule has 0 bridgehead atoms. The molecule has 0 radical (unpaired) electrons. The lowest BCUT2D eigenvalue weighted by molar-refractivity contribution is 0.113. The third-order valence-electron chi connectivity index (χ3n) is 2.16. The Labute approximate surface area is 88.0 Å². The fourth-order valence-corrected chi connectivity index (χ4v) is 4.93. The first kappa shape index (κ1) is 11.0. The van der Waals surface area contributed by atoms with Gasteiger partial charge in [0.05, 0.1) is 5.03 Å². The van der Waals surface area contributed by atoms with Crippen molar-refractivity contribution in [3.05, 3.63) is 10.8 Å². The van der Waals surface area contributed by atoms with Gasteiger partial charge in [-0.25, -0.2) is 0 Å². The van der Waals surface area contributed by atoms with Crippen molar-refractivity contribution in [3.8, 4) is 0 Å². The predicted octanol–water partition coefficient (Wildman–Crippen LogP) is 4.06. The molecule has 1 rings (SSSR count). The second-order valence-electron chi connectivity index (χ2n) is 3.35. The van der Waals surface area contributed by atoms with Gasteiger partial charge < -0.3 is 4.52 Å². The van der Waals surface area contributed by atoms with Crippen LogP contribution in [0.15, 0.2) is 10.8 Å². The van der Waals surface area contributed by atoms with Gasteiger partial charge in [-0.3, -0.25) is 0 Å². The molecule has 0 spiro atoms. The van der Waals surface area contributed by atoms with Gasteiger partial charge in [0.2, 0.25) is 0 Å². The van der Waals surface area contributed by atoms with E-state index in [1.165, 1.54) is 0 Å². The first-order chi connectivity index (χ1) is 5.28. The van der Waals surface area contributed by atoms with E-state index in [1.54, 1.807) is 5.82 Å². The van der Waals surface area contributed by atoms with Crippen LogP contribution in [-0.2, 0) is 16.3 Å². The van der Waals surface area contributed by atoms with Crippen molar-refractivity contribution in [3.63, 3.8) is 0 Å². The van der Waals surface area contributed by atoms with Crippen molar-refractivity contribution in [1.82, 2.24) is 0 Å². The van der Waals surface area contributed by atoms with E-state index in [0.717, 1.165) is 0 Å². The van der Waals surface area contributed by atoms with Crippen LogP contribution in [0.1, 0.15) is 20.8 Å². The number of hydrogen-bond donors (Lipinski definition) is 0. The molecule has 0 aromatic rings. The van der Waals surface area contributed by atoms with Crippen LogP contribution < -0.4 is 0 Å². The predicted molar refractivity (Wildman–Crippen MR) is 58.4 cm³/mol. The fraction of sp³-hybridized carbons (Fsp3) is 0.714. The second kappa shape index (κ2) is 3.25. The highest BCUT2D eigenvalue weighted by Gasteiger charge is 2.42. The van der Waals surface area contributed by atoms with Gasteiger partial charge in [-0.1, -0.05) is 36.7 Å². The van der Waals surface area contributed by atoms with Crippen LogP contribution in [0.25, 0.3) is 0 Å². The van der Waals surface area contributed by atoms with Crippen molar-refractivity contribution < 1.29 is 4.52 Å². The average molecular weight is 245 g/mol. The lowest BCUT2D eigenvalue weighted by Crippen LogP contribution is -2.30. The van der Waals surface area contributed by atoms with E-state index in [1.807, 2.05) is 20.8 Å². The molecule has 1 nitrogen and oxygen atoms in total. The van der Waals surface area contributed by atoms with Crippen molar-refractivity contribution in [1.29, 1.82) is 0 Å².